The van der Waals surface area contributed by atoms with Crippen LogP contribution in [0, 0.1) is 0 Å². The van der Waals surface area contributed by atoms with Gasteiger partial charge in [0.15, 0.2) is 6.10 Å². The number of ether oxygens (including phenoxy) is 2. The minimum absolute atomic E-state index is 0.0531. The Hall–Kier alpha value is -0.650. The number of phosphoric ester groups is 2. The van der Waals surface area contributed by atoms with E-state index in [-0.39, 0.29) is 12.8 Å². The molecule has 0 amide bonds. The molecule has 1 aliphatic rings. The lowest BCUT2D eigenvalue weighted by Crippen LogP contribution is -2.64. The van der Waals surface area contributed by atoms with Crippen molar-refractivity contribution in [1.29, 1.82) is 0 Å². The van der Waals surface area contributed by atoms with Gasteiger partial charge in [-0.3, -0.25) is 23.2 Å². The first-order chi connectivity index (χ1) is 25.6. The molecular formula is C35H68O16P2S. The fourth-order valence-electron chi connectivity index (χ4n) is 6.12. The second kappa shape index (κ2) is 29.5. The second-order valence-electron chi connectivity index (χ2n) is 14.1. The van der Waals surface area contributed by atoms with E-state index in [9.17, 15) is 44.0 Å². The first-order valence-corrected chi connectivity index (χ1v) is 23.4. The molecule has 1 fully saturated rings. The molecule has 0 radical (unpaired) electrons. The van der Waals surface area contributed by atoms with Crippen LogP contribution in [0.3, 0.4) is 0 Å². The van der Waals surface area contributed by atoms with Crippen molar-refractivity contribution in [2.24, 2.45) is 0 Å². The van der Waals surface area contributed by atoms with E-state index in [4.69, 9.17) is 28.3 Å². The molecular weight excluding hydrogens is 770 g/mol. The summed E-state index contributed by atoms with van der Waals surface area (Å²) in [6.45, 7) is 0.896. The van der Waals surface area contributed by atoms with Gasteiger partial charge in [0.05, 0.1) is 6.61 Å². The van der Waals surface area contributed by atoms with Gasteiger partial charge in [0.1, 0.15) is 43.2 Å². The van der Waals surface area contributed by atoms with Gasteiger partial charge in [-0.2, -0.15) is 12.6 Å². The summed E-state index contributed by atoms with van der Waals surface area (Å²) in [5.74, 6) is -0.346. The van der Waals surface area contributed by atoms with Crippen LogP contribution in [0.5, 0.6) is 0 Å². The summed E-state index contributed by atoms with van der Waals surface area (Å²) in [5, 5.41) is 41.2. The van der Waals surface area contributed by atoms with Gasteiger partial charge in [0, 0.05) is 12.8 Å². The minimum atomic E-state index is -5.30. The molecule has 19 heteroatoms. The number of phosphoric acid groups is 2. The zero-order chi connectivity index (χ0) is 40.4. The number of unbranched alkanes of at least 4 members (excludes halogenated alkanes) is 18. The van der Waals surface area contributed by atoms with Crippen molar-refractivity contribution in [3.05, 3.63) is 0 Å². The third-order valence-corrected chi connectivity index (χ3v) is 11.1. The average molecular weight is 839 g/mol. The molecule has 0 spiro atoms. The third-order valence-electron chi connectivity index (χ3n) is 9.24. The highest BCUT2D eigenvalue weighted by Crippen LogP contribution is 2.48. The highest BCUT2D eigenvalue weighted by Gasteiger charge is 2.54. The van der Waals surface area contributed by atoms with Crippen molar-refractivity contribution in [2.45, 2.75) is 191 Å². The number of hydrogen-bond donors (Lipinski definition) is 8. The summed E-state index contributed by atoms with van der Waals surface area (Å²) in [7, 11) is -10.6. The van der Waals surface area contributed by atoms with E-state index in [2.05, 4.69) is 24.1 Å². The fraction of sp³-hybridized carbons (Fsp3) is 0.943. The molecule has 16 nitrogen and oxygen atoms in total. The van der Waals surface area contributed by atoms with Gasteiger partial charge in [0.2, 0.25) is 0 Å². The quantitative estimate of drug-likeness (QED) is 0.0178. The van der Waals surface area contributed by atoms with Gasteiger partial charge in [-0.25, -0.2) is 9.13 Å². The maximum atomic E-state index is 12.8. The SMILES string of the molecule is CCCCCCCCCCCCCCCC(=O)O[C@H](COC(=O)CCCCCCCCCS)COP(=O)(O)OC1C(O)[C@H](O)C(OP(=O)(O)O)[C@H](O)[C@@H]1O. The molecule has 0 aromatic heterocycles. The number of esters is 2. The molecule has 0 aromatic rings. The molecule has 0 aliphatic heterocycles. The summed E-state index contributed by atoms with van der Waals surface area (Å²) < 4.78 is 48.8. The molecule has 7 N–H and O–H groups in total. The monoisotopic (exact) mass is 838 g/mol. The molecule has 1 saturated carbocycles. The summed E-state index contributed by atoms with van der Waals surface area (Å²) in [6.07, 6.45) is 6.77. The molecule has 1 rings (SSSR count). The minimum Gasteiger partial charge on any atom is -0.462 e. The topological polar surface area (TPSA) is 256 Å². The molecule has 1 aliphatic carbocycles. The van der Waals surface area contributed by atoms with E-state index in [1.165, 1.54) is 51.4 Å². The van der Waals surface area contributed by atoms with Crippen LogP contribution in [-0.2, 0) is 41.8 Å². The van der Waals surface area contributed by atoms with E-state index in [0.717, 1.165) is 70.0 Å². The van der Waals surface area contributed by atoms with Gasteiger partial charge < -0.3 is 44.6 Å². The molecule has 8 atom stereocenters. The first kappa shape index (κ1) is 51.4. The zero-order valence-corrected chi connectivity index (χ0v) is 34.5. The van der Waals surface area contributed by atoms with Crippen LogP contribution in [0.25, 0.3) is 0 Å². The van der Waals surface area contributed by atoms with E-state index >= 15 is 0 Å². The molecule has 0 heterocycles. The molecule has 320 valence electrons. The maximum Gasteiger partial charge on any atom is 0.472 e. The number of rotatable bonds is 33. The Kier molecular flexibility index (Phi) is 28.1. The number of carbonyl (C=O) groups excluding carboxylic acids is 2. The van der Waals surface area contributed by atoms with Crippen molar-refractivity contribution >= 4 is 40.2 Å². The number of aliphatic hydroxyl groups excluding tert-OH is 4. The fourth-order valence-corrected chi connectivity index (χ4v) is 7.88. The number of hydrogen-bond acceptors (Lipinski definition) is 14. The predicted octanol–water partition coefficient (Wildman–Crippen LogP) is 5.41. The van der Waals surface area contributed by atoms with Gasteiger partial charge in [-0.1, -0.05) is 116 Å². The average Bonchev–Trinajstić information content (AvgIpc) is 3.11. The Labute approximate surface area is 326 Å². The number of carbonyl (C=O) groups is 2. The predicted molar refractivity (Wildman–Crippen MR) is 204 cm³/mol. The van der Waals surface area contributed by atoms with Crippen LogP contribution >= 0.6 is 28.3 Å². The Morgan fingerprint density at radius 3 is 1.39 bits per heavy atom. The van der Waals surface area contributed by atoms with Gasteiger partial charge in [0.25, 0.3) is 0 Å². The van der Waals surface area contributed by atoms with Crippen molar-refractivity contribution < 1.29 is 76.9 Å². The molecule has 0 saturated heterocycles. The lowest BCUT2D eigenvalue weighted by molar-refractivity contribution is -0.216. The van der Waals surface area contributed by atoms with Gasteiger partial charge in [-0.05, 0) is 25.0 Å². The van der Waals surface area contributed by atoms with E-state index in [0.29, 0.717) is 12.8 Å². The Morgan fingerprint density at radius 1 is 0.574 bits per heavy atom. The summed E-state index contributed by atoms with van der Waals surface area (Å²) in [5.41, 5.74) is 0. The highest BCUT2D eigenvalue weighted by atomic mass is 32.1. The van der Waals surface area contributed by atoms with Crippen LogP contribution in [0.4, 0.5) is 0 Å². The second-order valence-corrected chi connectivity index (χ2v) is 17.1. The van der Waals surface area contributed by atoms with Crippen molar-refractivity contribution in [1.82, 2.24) is 0 Å². The summed E-state index contributed by atoms with van der Waals surface area (Å²) in [6, 6.07) is 0. The lowest BCUT2D eigenvalue weighted by atomic mass is 9.85. The van der Waals surface area contributed by atoms with E-state index in [1.54, 1.807) is 0 Å². The third kappa shape index (κ3) is 24.2. The Bertz CT molecular complexity index is 1080. The van der Waals surface area contributed by atoms with Gasteiger partial charge >= 0.3 is 27.6 Å². The largest absolute Gasteiger partial charge is 0.472 e. The normalized spacial score (nSPS) is 23.5. The van der Waals surface area contributed by atoms with Crippen molar-refractivity contribution in [3.63, 3.8) is 0 Å². The maximum absolute atomic E-state index is 12.8. The van der Waals surface area contributed by atoms with Gasteiger partial charge in [-0.15, -0.1) is 0 Å². The molecule has 4 unspecified atom stereocenters. The lowest BCUT2D eigenvalue weighted by Gasteiger charge is -2.43. The van der Waals surface area contributed by atoms with Crippen molar-refractivity contribution in [2.75, 3.05) is 19.0 Å². The zero-order valence-electron chi connectivity index (χ0n) is 31.9. The Balaban J connectivity index is 2.64. The summed E-state index contributed by atoms with van der Waals surface area (Å²) in [4.78, 5) is 53.5. The van der Waals surface area contributed by atoms with Crippen LogP contribution in [0.1, 0.15) is 148 Å². The van der Waals surface area contributed by atoms with E-state index in [1.807, 2.05) is 0 Å². The number of thiol groups is 1. The van der Waals surface area contributed by atoms with Crippen LogP contribution in [-0.4, -0.2) is 109 Å². The molecule has 54 heavy (non-hydrogen) atoms. The number of aliphatic hydroxyl groups is 4. The van der Waals surface area contributed by atoms with Crippen molar-refractivity contribution in [3.8, 4) is 0 Å². The Morgan fingerprint density at radius 2 is 0.963 bits per heavy atom. The van der Waals surface area contributed by atoms with Crippen LogP contribution in [0.15, 0.2) is 0 Å². The molecule has 0 aromatic carbocycles. The van der Waals surface area contributed by atoms with Crippen LogP contribution < -0.4 is 0 Å². The summed E-state index contributed by atoms with van der Waals surface area (Å²) >= 11 is 4.20. The standard InChI is InChI=1S/C35H68O16P2S/c1-2-3-4-5-6-7-8-9-10-11-13-17-20-23-29(37)49-27(25-47-28(36)22-19-16-14-12-15-18-21-24-54)26-48-53(45,46)51-35-32(40)30(38)34(31(39)33(35)41)50-52(42,43)44/h27,30-35,38-41,54H,2-26H2,1H3,(H,45,46)(H2,42,43,44)/t27-,30-,31+,32+,33?,34?,35?/m1/s1. The van der Waals surface area contributed by atoms with E-state index < -0.39 is 83.5 Å². The highest BCUT2D eigenvalue weighted by molar-refractivity contribution is 7.80. The van der Waals surface area contributed by atoms with Crippen LogP contribution in [0.2, 0.25) is 0 Å². The smallest absolute Gasteiger partial charge is 0.462 e. The first-order valence-electron chi connectivity index (χ1n) is 19.7. The molecule has 0 bridgehead atoms.